The fourth-order valence-corrected chi connectivity index (χ4v) is 1.28. The van der Waals surface area contributed by atoms with Crippen molar-refractivity contribution < 1.29 is 14.3 Å². The summed E-state index contributed by atoms with van der Waals surface area (Å²) in [6, 6.07) is -0.572. The average Bonchev–Trinajstić information content (AvgIpc) is 2.21. The zero-order chi connectivity index (χ0) is 12.7. The summed E-state index contributed by atoms with van der Waals surface area (Å²) in [5, 5.41) is 2.53. The Bertz CT molecular complexity index is 241. The molecule has 16 heavy (non-hydrogen) atoms. The van der Waals surface area contributed by atoms with Crippen LogP contribution in [0.3, 0.4) is 0 Å². The molecule has 94 valence electrons. The number of nitrogens with one attached hydrogen (secondary N) is 1. The first-order chi connectivity index (χ1) is 7.38. The Hall–Kier alpha value is -0.770. The Labute approximate surface area is 102 Å². The van der Waals surface area contributed by atoms with Gasteiger partial charge < -0.3 is 10.1 Å². The number of hydrogen-bond donors (Lipinski definition) is 1. The lowest BCUT2D eigenvalue weighted by molar-refractivity contribution is -0.119. The van der Waals surface area contributed by atoms with Gasteiger partial charge in [0.1, 0.15) is 0 Å². The molecule has 0 rings (SSSR count). The fourth-order valence-electron chi connectivity index (χ4n) is 1.11. The summed E-state index contributed by atoms with van der Waals surface area (Å²) in [4.78, 5) is 22.8. The summed E-state index contributed by atoms with van der Waals surface area (Å²) in [6.07, 6.45) is -0.564. The Morgan fingerprint density at radius 2 is 1.81 bits per heavy atom. The molecule has 0 spiro atoms. The number of rotatable bonds is 6. The Balaban J connectivity index is 4.19. The summed E-state index contributed by atoms with van der Waals surface area (Å²) in [6.45, 7) is 7.91. The first-order valence-electron chi connectivity index (χ1n) is 5.40. The van der Waals surface area contributed by atoms with Crippen molar-refractivity contribution in [3.63, 3.8) is 0 Å². The molecule has 0 saturated heterocycles. The van der Waals surface area contributed by atoms with E-state index < -0.39 is 12.1 Å². The third kappa shape index (κ3) is 5.95. The van der Waals surface area contributed by atoms with Crippen LogP contribution in [-0.2, 0) is 9.53 Å². The number of alkyl halides is 1. The summed E-state index contributed by atoms with van der Waals surface area (Å²) in [5.74, 6) is -0.0316. The van der Waals surface area contributed by atoms with Crippen LogP contribution < -0.4 is 5.32 Å². The minimum atomic E-state index is -0.572. The van der Waals surface area contributed by atoms with Gasteiger partial charge in [-0.3, -0.25) is 4.79 Å². The Morgan fingerprint density at radius 3 is 2.19 bits per heavy atom. The second-order valence-electron chi connectivity index (χ2n) is 4.46. The number of carbonyl (C=O) groups is 2. The number of carbonyl (C=O) groups excluding carboxylic acids is 2. The number of ether oxygens (including phenoxy) is 1. The second kappa shape index (κ2) is 7.49. The maximum absolute atomic E-state index is 11.4. The van der Waals surface area contributed by atoms with E-state index in [1.54, 1.807) is 0 Å². The molecule has 0 aliphatic heterocycles. The van der Waals surface area contributed by atoms with E-state index in [1.807, 2.05) is 27.7 Å². The van der Waals surface area contributed by atoms with Gasteiger partial charge in [-0.25, -0.2) is 4.79 Å². The van der Waals surface area contributed by atoms with E-state index >= 15 is 0 Å². The minimum absolute atomic E-state index is 0.00199. The molecular weight excluding hydrogens is 230 g/mol. The molecule has 0 heterocycles. The van der Waals surface area contributed by atoms with Crippen molar-refractivity contribution in [2.45, 2.75) is 33.7 Å². The van der Waals surface area contributed by atoms with Crippen molar-refractivity contribution in [3.05, 3.63) is 0 Å². The molecule has 0 bridgehead atoms. The maximum Gasteiger partial charge on any atom is 0.407 e. The van der Waals surface area contributed by atoms with Crippen molar-refractivity contribution in [1.82, 2.24) is 5.32 Å². The fraction of sp³-hybridized carbons (Fsp3) is 0.818. The molecule has 0 aromatic heterocycles. The molecule has 0 aromatic carbocycles. The highest BCUT2D eigenvalue weighted by molar-refractivity contribution is 6.28. The first-order valence-corrected chi connectivity index (χ1v) is 5.93. The highest BCUT2D eigenvalue weighted by Crippen LogP contribution is 2.05. The molecule has 0 unspecified atom stereocenters. The van der Waals surface area contributed by atoms with Crippen LogP contribution >= 0.6 is 11.6 Å². The van der Waals surface area contributed by atoms with Crippen molar-refractivity contribution in [2.24, 2.45) is 11.8 Å². The van der Waals surface area contributed by atoms with E-state index in [4.69, 9.17) is 16.3 Å². The van der Waals surface area contributed by atoms with Crippen LogP contribution in [0.5, 0.6) is 0 Å². The molecule has 4 nitrogen and oxygen atoms in total. The number of alkyl carbamates (subject to hydrolysis) is 1. The average molecular weight is 250 g/mol. The van der Waals surface area contributed by atoms with E-state index in [9.17, 15) is 9.59 Å². The minimum Gasteiger partial charge on any atom is -0.449 e. The molecule has 0 fully saturated rings. The van der Waals surface area contributed by atoms with Crippen LogP contribution in [0.4, 0.5) is 4.79 Å². The van der Waals surface area contributed by atoms with Gasteiger partial charge in [-0.2, -0.15) is 0 Å². The maximum atomic E-state index is 11.4. The third-order valence-electron chi connectivity index (χ3n) is 1.97. The van der Waals surface area contributed by atoms with Gasteiger partial charge in [0.2, 0.25) is 0 Å². The second-order valence-corrected chi connectivity index (χ2v) is 4.73. The monoisotopic (exact) mass is 249 g/mol. The van der Waals surface area contributed by atoms with E-state index in [2.05, 4.69) is 5.32 Å². The number of ketones is 1. The molecule has 0 saturated carbocycles. The predicted molar refractivity (Wildman–Crippen MR) is 63.7 cm³/mol. The number of amides is 1. The molecule has 1 N–H and O–H groups in total. The molecule has 0 aliphatic carbocycles. The zero-order valence-corrected chi connectivity index (χ0v) is 11.0. The molecule has 5 heteroatoms. The lowest BCUT2D eigenvalue weighted by atomic mass is 10.0. The summed E-state index contributed by atoms with van der Waals surface area (Å²) < 4.78 is 4.93. The summed E-state index contributed by atoms with van der Waals surface area (Å²) >= 11 is 5.46. The largest absolute Gasteiger partial charge is 0.449 e. The quantitative estimate of drug-likeness (QED) is 0.735. The normalized spacial score (nSPS) is 12.7. The van der Waals surface area contributed by atoms with E-state index in [1.165, 1.54) is 0 Å². The molecule has 0 aliphatic rings. The molecule has 0 aromatic rings. The van der Waals surface area contributed by atoms with Crippen molar-refractivity contribution in [1.29, 1.82) is 0 Å². The SMILES string of the molecule is CC(C)COC(=O)N[C@H](C(=O)CCl)C(C)C. The lowest BCUT2D eigenvalue weighted by Crippen LogP contribution is -2.45. The topological polar surface area (TPSA) is 55.4 Å². The van der Waals surface area contributed by atoms with Crippen molar-refractivity contribution in [3.8, 4) is 0 Å². The Kier molecular flexibility index (Phi) is 7.13. The van der Waals surface area contributed by atoms with Crippen LogP contribution in [0.1, 0.15) is 27.7 Å². The molecule has 0 radical (unpaired) electrons. The van der Waals surface area contributed by atoms with Gasteiger partial charge in [0.05, 0.1) is 18.5 Å². The van der Waals surface area contributed by atoms with Crippen molar-refractivity contribution >= 4 is 23.5 Å². The number of halogens is 1. The molecular formula is C11H20ClNO3. The summed E-state index contributed by atoms with van der Waals surface area (Å²) in [5.41, 5.74) is 0. The van der Waals surface area contributed by atoms with Gasteiger partial charge in [-0.05, 0) is 11.8 Å². The summed E-state index contributed by atoms with van der Waals surface area (Å²) in [7, 11) is 0. The van der Waals surface area contributed by atoms with Gasteiger partial charge in [0.25, 0.3) is 0 Å². The Morgan fingerprint density at radius 1 is 1.25 bits per heavy atom. The van der Waals surface area contributed by atoms with Crippen LogP contribution in [0.2, 0.25) is 0 Å². The standard InChI is InChI=1S/C11H20ClNO3/c1-7(2)6-16-11(15)13-10(8(3)4)9(14)5-12/h7-8,10H,5-6H2,1-4H3,(H,13,15)/t10-/m0/s1. The smallest absolute Gasteiger partial charge is 0.407 e. The molecule has 1 amide bonds. The predicted octanol–water partition coefficient (Wildman–Crippen LogP) is 2.20. The van der Waals surface area contributed by atoms with Crippen LogP contribution in [0, 0.1) is 11.8 Å². The van der Waals surface area contributed by atoms with Gasteiger partial charge in [-0.15, -0.1) is 11.6 Å². The van der Waals surface area contributed by atoms with Crippen LogP contribution in [-0.4, -0.2) is 30.4 Å². The van der Waals surface area contributed by atoms with Gasteiger partial charge in [0, 0.05) is 0 Å². The first kappa shape index (κ1) is 15.2. The van der Waals surface area contributed by atoms with Gasteiger partial charge in [0.15, 0.2) is 5.78 Å². The number of Topliss-reactive ketones (excluding diaryl/α,β-unsaturated/α-hetero) is 1. The van der Waals surface area contributed by atoms with Crippen LogP contribution in [0.25, 0.3) is 0 Å². The zero-order valence-electron chi connectivity index (χ0n) is 10.2. The van der Waals surface area contributed by atoms with E-state index in [0.29, 0.717) is 6.61 Å². The van der Waals surface area contributed by atoms with E-state index in [0.717, 1.165) is 0 Å². The molecule has 1 atom stereocenters. The van der Waals surface area contributed by atoms with Crippen molar-refractivity contribution in [2.75, 3.05) is 12.5 Å². The lowest BCUT2D eigenvalue weighted by Gasteiger charge is -2.20. The van der Waals surface area contributed by atoms with Gasteiger partial charge >= 0.3 is 6.09 Å². The van der Waals surface area contributed by atoms with Gasteiger partial charge in [-0.1, -0.05) is 27.7 Å². The van der Waals surface area contributed by atoms with Crippen LogP contribution in [0.15, 0.2) is 0 Å². The highest BCUT2D eigenvalue weighted by atomic mass is 35.5. The number of hydrogen-bond acceptors (Lipinski definition) is 3. The third-order valence-corrected chi connectivity index (χ3v) is 2.23. The highest BCUT2D eigenvalue weighted by Gasteiger charge is 2.23. The van der Waals surface area contributed by atoms with E-state index in [-0.39, 0.29) is 23.5 Å².